The zero-order valence-electron chi connectivity index (χ0n) is 25.6. The fourth-order valence-corrected chi connectivity index (χ4v) is 5.51. The molecule has 4 heterocycles. The number of carbonyl (C=O) groups excluding carboxylic acids is 2. The van der Waals surface area contributed by atoms with Crippen LogP contribution in [0.25, 0.3) is 21.9 Å². The molecule has 1 saturated heterocycles. The topological polar surface area (TPSA) is 156 Å². The number of nitrogens with one attached hydrogen (secondary N) is 3. The predicted octanol–water partition coefficient (Wildman–Crippen LogP) is 5.45. The third-order valence-corrected chi connectivity index (χ3v) is 7.26. The fraction of sp³-hybridized carbons (Fsp3) is 0.467. The number of alkyl carbamates (subject to hydrolysis) is 1. The third kappa shape index (κ3) is 6.15. The van der Waals surface area contributed by atoms with Crippen LogP contribution in [0, 0.1) is 24.6 Å². The molecule has 1 aliphatic carbocycles. The maximum atomic E-state index is 15.0. The molecule has 0 spiro atoms. The largest absolute Gasteiger partial charge is 0.444 e. The Kier molecular flexibility index (Phi) is 6.97. The van der Waals surface area contributed by atoms with Crippen molar-refractivity contribution in [1.29, 1.82) is 0 Å². The van der Waals surface area contributed by atoms with E-state index in [1.807, 2.05) is 20.8 Å². The molecular formula is C30H35FN8O5. The number of aromatic amines is 1. The van der Waals surface area contributed by atoms with Gasteiger partial charge in [0.05, 0.1) is 29.0 Å². The van der Waals surface area contributed by atoms with E-state index in [2.05, 4.69) is 35.5 Å². The Hall–Kier alpha value is -4.75. The molecule has 2 fully saturated rings. The molecule has 3 aromatic heterocycles. The van der Waals surface area contributed by atoms with Gasteiger partial charge in [0.15, 0.2) is 5.75 Å². The number of H-pyrrole nitrogens is 1. The highest BCUT2D eigenvalue weighted by Crippen LogP contribution is 2.48. The van der Waals surface area contributed by atoms with E-state index in [-0.39, 0.29) is 29.6 Å². The van der Waals surface area contributed by atoms with Crippen molar-refractivity contribution in [3.8, 4) is 11.8 Å². The Morgan fingerprint density at radius 1 is 0.977 bits per heavy atom. The Bertz CT molecular complexity index is 1750. The molecule has 6 rings (SSSR count). The van der Waals surface area contributed by atoms with Gasteiger partial charge in [0, 0.05) is 36.4 Å². The van der Waals surface area contributed by atoms with Crippen LogP contribution in [0.15, 0.2) is 24.5 Å². The van der Waals surface area contributed by atoms with Crippen molar-refractivity contribution in [1.82, 2.24) is 30.2 Å². The molecule has 1 saturated carbocycles. The van der Waals surface area contributed by atoms with Crippen molar-refractivity contribution in [2.75, 3.05) is 23.3 Å². The molecule has 4 aromatic rings. The lowest BCUT2D eigenvalue weighted by atomic mass is 10.1. The number of piperidine rings is 1. The van der Waals surface area contributed by atoms with E-state index in [9.17, 15) is 9.59 Å². The minimum absolute atomic E-state index is 0.0103. The second kappa shape index (κ2) is 10.5. The first-order chi connectivity index (χ1) is 20.6. The minimum Gasteiger partial charge on any atom is -0.444 e. The van der Waals surface area contributed by atoms with Gasteiger partial charge in [-0.25, -0.2) is 23.9 Å². The molecule has 14 heteroatoms. The number of benzene rings is 1. The minimum atomic E-state index is -0.742. The summed E-state index contributed by atoms with van der Waals surface area (Å²) in [4.78, 5) is 47.9. The van der Waals surface area contributed by atoms with Gasteiger partial charge >= 0.3 is 18.2 Å². The molecule has 44 heavy (non-hydrogen) atoms. The summed E-state index contributed by atoms with van der Waals surface area (Å²) in [6.07, 6.45) is 1.88. The quantitative estimate of drug-likeness (QED) is 0.267. The van der Waals surface area contributed by atoms with Gasteiger partial charge in [-0.3, -0.25) is 5.32 Å². The Balaban J connectivity index is 1.36. The lowest BCUT2D eigenvalue weighted by Crippen LogP contribution is -2.38. The van der Waals surface area contributed by atoms with Crippen molar-refractivity contribution in [2.45, 2.75) is 65.7 Å². The van der Waals surface area contributed by atoms with Crippen LogP contribution in [-0.4, -0.2) is 67.4 Å². The monoisotopic (exact) mass is 606 g/mol. The van der Waals surface area contributed by atoms with Gasteiger partial charge in [-0.2, -0.15) is 9.97 Å². The van der Waals surface area contributed by atoms with Crippen LogP contribution < -0.4 is 20.3 Å². The van der Waals surface area contributed by atoms with Gasteiger partial charge in [0.25, 0.3) is 0 Å². The van der Waals surface area contributed by atoms with Gasteiger partial charge in [-0.1, -0.05) is 0 Å². The van der Waals surface area contributed by atoms with Crippen LogP contribution in [0.1, 0.15) is 47.4 Å². The molecule has 1 aliphatic heterocycles. The SMILES string of the molecule is Cc1ncc(Oc2nc(N3C[C@@H]4C(NC(=O)OC(C)(C)C)[C@@H]4C3)c3c(n2)[nH]c2c(NC(=O)OC(C)(C)C)cc(F)cc23)cn1. The highest BCUT2D eigenvalue weighted by atomic mass is 19.1. The van der Waals surface area contributed by atoms with Crippen LogP contribution in [0.4, 0.5) is 25.5 Å². The maximum Gasteiger partial charge on any atom is 0.412 e. The van der Waals surface area contributed by atoms with Crippen molar-refractivity contribution < 1.29 is 28.2 Å². The van der Waals surface area contributed by atoms with Gasteiger partial charge in [0.1, 0.15) is 34.3 Å². The highest BCUT2D eigenvalue weighted by Gasteiger charge is 2.57. The summed E-state index contributed by atoms with van der Waals surface area (Å²) in [7, 11) is 0. The van der Waals surface area contributed by atoms with Crippen molar-refractivity contribution in [3.63, 3.8) is 0 Å². The summed E-state index contributed by atoms with van der Waals surface area (Å²) in [5.74, 6) is 1.28. The second-order valence-corrected chi connectivity index (χ2v) is 13.2. The Labute approximate surface area is 252 Å². The van der Waals surface area contributed by atoms with Crippen LogP contribution in [0.2, 0.25) is 0 Å². The molecule has 2 aliphatic rings. The molecule has 2 amide bonds. The number of anilines is 2. The van der Waals surface area contributed by atoms with E-state index in [0.29, 0.717) is 52.4 Å². The fourth-order valence-electron chi connectivity index (χ4n) is 5.51. The van der Waals surface area contributed by atoms with Crippen LogP contribution in [-0.2, 0) is 9.47 Å². The number of nitrogens with zero attached hydrogens (tertiary/aromatic N) is 5. The summed E-state index contributed by atoms with van der Waals surface area (Å²) >= 11 is 0. The van der Waals surface area contributed by atoms with Gasteiger partial charge < -0.3 is 29.4 Å². The molecule has 1 unspecified atom stereocenters. The average Bonchev–Trinajstić information content (AvgIpc) is 3.21. The molecule has 1 aromatic carbocycles. The second-order valence-electron chi connectivity index (χ2n) is 13.2. The number of rotatable bonds is 5. The van der Waals surface area contributed by atoms with Crippen LogP contribution in [0.5, 0.6) is 11.8 Å². The lowest BCUT2D eigenvalue weighted by Gasteiger charge is -2.24. The van der Waals surface area contributed by atoms with Crippen LogP contribution >= 0.6 is 0 Å². The third-order valence-electron chi connectivity index (χ3n) is 7.26. The van der Waals surface area contributed by atoms with E-state index in [0.717, 1.165) is 0 Å². The summed E-state index contributed by atoms with van der Waals surface area (Å²) in [6, 6.07) is 2.62. The zero-order valence-corrected chi connectivity index (χ0v) is 25.6. The van der Waals surface area contributed by atoms with E-state index in [1.165, 1.54) is 24.5 Å². The van der Waals surface area contributed by atoms with Gasteiger partial charge in [-0.05, 0) is 60.6 Å². The smallest absolute Gasteiger partial charge is 0.412 e. The molecule has 0 bridgehead atoms. The Morgan fingerprint density at radius 3 is 2.25 bits per heavy atom. The summed E-state index contributed by atoms with van der Waals surface area (Å²) < 4.78 is 31.8. The number of aryl methyl sites for hydroxylation is 1. The highest BCUT2D eigenvalue weighted by molar-refractivity contribution is 6.15. The molecular weight excluding hydrogens is 571 g/mol. The number of amides is 2. The maximum absolute atomic E-state index is 15.0. The number of ether oxygens (including phenoxy) is 3. The zero-order chi connectivity index (χ0) is 31.6. The van der Waals surface area contributed by atoms with Crippen molar-refractivity contribution in [3.05, 3.63) is 36.2 Å². The first-order valence-electron chi connectivity index (χ1n) is 14.4. The molecule has 0 radical (unpaired) electrons. The van der Waals surface area contributed by atoms with Gasteiger partial charge in [-0.15, -0.1) is 0 Å². The number of fused-ring (bicyclic) bond motifs is 4. The summed E-state index contributed by atoms with van der Waals surface area (Å²) in [5.41, 5.74) is -0.303. The van der Waals surface area contributed by atoms with E-state index >= 15 is 4.39 Å². The first-order valence-corrected chi connectivity index (χ1v) is 14.4. The predicted molar refractivity (Wildman–Crippen MR) is 160 cm³/mol. The summed E-state index contributed by atoms with van der Waals surface area (Å²) in [5, 5.41) is 6.68. The molecule has 3 N–H and O–H groups in total. The lowest BCUT2D eigenvalue weighted by molar-refractivity contribution is 0.0517. The van der Waals surface area contributed by atoms with E-state index < -0.39 is 29.2 Å². The van der Waals surface area contributed by atoms with E-state index in [4.69, 9.17) is 19.2 Å². The van der Waals surface area contributed by atoms with E-state index in [1.54, 1.807) is 27.7 Å². The number of aromatic nitrogens is 5. The standard InChI is InChI=1S/C30H35FN8O5/c1-14-32-10-16(11-33-14)42-26-37-24-21(17-8-15(31)9-20(23(17)35-24)34-27(40)43-29(2,3)4)25(38-26)39-12-18-19(13-39)22(18)36-28(41)44-30(5,6)7/h8-11,18-19,22H,12-13H2,1-7H3,(H,34,40)(H,36,41)(H,35,37,38)/t18-,19+,22?. The number of carbonyl (C=O) groups is 2. The first kappa shape index (κ1) is 29.3. The van der Waals surface area contributed by atoms with Gasteiger partial charge in [0.2, 0.25) is 0 Å². The normalized spacial score (nSPS) is 19.5. The number of hydrogen-bond donors (Lipinski definition) is 3. The number of halogens is 1. The average molecular weight is 607 g/mol. The summed E-state index contributed by atoms with van der Waals surface area (Å²) in [6.45, 7) is 13.6. The Morgan fingerprint density at radius 2 is 1.61 bits per heavy atom. The van der Waals surface area contributed by atoms with Crippen molar-refractivity contribution >= 4 is 45.6 Å². The van der Waals surface area contributed by atoms with Crippen molar-refractivity contribution in [2.24, 2.45) is 11.8 Å². The van der Waals surface area contributed by atoms with Crippen LogP contribution in [0.3, 0.4) is 0 Å². The molecule has 13 nitrogen and oxygen atoms in total. The number of hydrogen-bond acceptors (Lipinski definition) is 10. The molecule has 232 valence electrons. The molecule has 3 atom stereocenters.